The lowest BCUT2D eigenvalue weighted by Crippen LogP contribution is -2.25. The number of likely N-dealkylation sites (N-methyl/N-ethyl adjacent to an activating group) is 1. The van der Waals surface area contributed by atoms with E-state index in [9.17, 15) is 9.59 Å². The van der Waals surface area contributed by atoms with Crippen LogP contribution < -0.4 is 10.1 Å². The molecule has 1 saturated heterocycles. The van der Waals surface area contributed by atoms with Crippen molar-refractivity contribution in [2.24, 2.45) is 0 Å². The maximum atomic E-state index is 11.7. The third-order valence-corrected chi connectivity index (χ3v) is 3.26. The van der Waals surface area contributed by atoms with E-state index in [4.69, 9.17) is 27.9 Å². The minimum Gasteiger partial charge on any atom is -0.491 e. The summed E-state index contributed by atoms with van der Waals surface area (Å²) in [5.74, 6) is -0.00647. The molecule has 0 unspecified atom stereocenters. The second-order valence-corrected chi connectivity index (χ2v) is 4.91. The van der Waals surface area contributed by atoms with Gasteiger partial charge in [-0.1, -0.05) is 23.2 Å². The van der Waals surface area contributed by atoms with Gasteiger partial charge in [-0.2, -0.15) is 0 Å². The molecule has 1 N–H and O–H groups in total. The summed E-state index contributed by atoms with van der Waals surface area (Å²) in [5, 5.41) is 3.15. The summed E-state index contributed by atoms with van der Waals surface area (Å²) in [6.07, 6.45) is 1.51. The van der Waals surface area contributed by atoms with Gasteiger partial charge in [-0.15, -0.1) is 0 Å². The number of carbonyl (C=O) groups excluding carboxylic acids is 2. The molecule has 0 bridgehead atoms. The van der Waals surface area contributed by atoms with Gasteiger partial charge in [0.2, 0.25) is 0 Å². The minimum atomic E-state index is -0.468. The van der Waals surface area contributed by atoms with Gasteiger partial charge in [0.15, 0.2) is 5.75 Å². The van der Waals surface area contributed by atoms with Crippen LogP contribution in [-0.2, 0) is 4.79 Å². The zero-order valence-electron chi connectivity index (χ0n) is 10.9. The number of hydrogen-bond donors (Lipinski definition) is 1. The van der Waals surface area contributed by atoms with Crippen molar-refractivity contribution in [2.45, 2.75) is 6.92 Å². The van der Waals surface area contributed by atoms with Crippen LogP contribution in [0.1, 0.15) is 12.5 Å². The van der Waals surface area contributed by atoms with Crippen LogP contribution in [0.2, 0.25) is 10.0 Å². The second kappa shape index (κ2) is 5.73. The van der Waals surface area contributed by atoms with E-state index < -0.39 is 11.9 Å². The van der Waals surface area contributed by atoms with Gasteiger partial charge in [0.25, 0.3) is 5.91 Å². The maximum Gasteiger partial charge on any atom is 0.328 e. The Morgan fingerprint density at radius 3 is 2.35 bits per heavy atom. The van der Waals surface area contributed by atoms with Gasteiger partial charge in [-0.05, 0) is 30.7 Å². The number of hydrogen-bond acceptors (Lipinski definition) is 3. The first-order valence-electron chi connectivity index (χ1n) is 5.86. The van der Waals surface area contributed by atoms with Crippen LogP contribution in [-0.4, -0.2) is 30.5 Å². The minimum absolute atomic E-state index is 0.175. The van der Waals surface area contributed by atoms with Gasteiger partial charge in [0, 0.05) is 7.05 Å². The number of benzene rings is 1. The van der Waals surface area contributed by atoms with Crippen LogP contribution in [0.5, 0.6) is 5.75 Å². The molecule has 1 aliphatic heterocycles. The molecule has 0 aromatic heterocycles. The summed E-state index contributed by atoms with van der Waals surface area (Å²) < 4.78 is 5.32. The highest BCUT2D eigenvalue weighted by Crippen LogP contribution is 2.34. The average Bonchev–Trinajstić information content (AvgIpc) is 2.62. The number of rotatable bonds is 3. The normalized spacial score (nSPS) is 16.8. The summed E-state index contributed by atoms with van der Waals surface area (Å²) in [7, 11) is 1.40. The van der Waals surface area contributed by atoms with Crippen molar-refractivity contribution >= 4 is 41.2 Å². The second-order valence-electron chi connectivity index (χ2n) is 4.10. The Kier molecular flexibility index (Phi) is 4.20. The molecule has 0 saturated carbocycles. The first-order valence-corrected chi connectivity index (χ1v) is 6.62. The van der Waals surface area contributed by atoms with Crippen molar-refractivity contribution in [1.82, 2.24) is 10.2 Å². The van der Waals surface area contributed by atoms with Gasteiger partial charge in [-0.3, -0.25) is 9.69 Å². The predicted molar refractivity (Wildman–Crippen MR) is 76.9 cm³/mol. The van der Waals surface area contributed by atoms with Crippen LogP contribution in [0.3, 0.4) is 0 Å². The van der Waals surface area contributed by atoms with Gasteiger partial charge in [0.05, 0.1) is 16.7 Å². The molecule has 1 aliphatic rings. The molecule has 1 aromatic rings. The van der Waals surface area contributed by atoms with Crippen LogP contribution in [0, 0.1) is 0 Å². The molecule has 20 heavy (non-hydrogen) atoms. The van der Waals surface area contributed by atoms with Crippen LogP contribution in [0.15, 0.2) is 17.8 Å². The Balaban J connectivity index is 2.36. The zero-order chi connectivity index (χ0) is 14.9. The molecule has 1 heterocycles. The topological polar surface area (TPSA) is 58.6 Å². The van der Waals surface area contributed by atoms with E-state index >= 15 is 0 Å². The monoisotopic (exact) mass is 314 g/mol. The summed E-state index contributed by atoms with van der Waals surface area (Å²) in [6.45, 7) is 2.27. The van der Waals surface area contributed by atoms with Crippen molar-refractivity contribution in [3.8, 4) is 5.75 Å². The number of imide groups is 1. The lowest BCUT2D eigenvalue weighted by molar-refractivity contribution is -0.121. The molecular weight excluding hydrogens is 303 g/mol. The molecular formula is C13H12Cl2N2O3. The zero-order valence-corrected chi connectivity index (χ0v) is 12.4. The van der Waals surface area contributed by atoms with E-state index in [-0.39, 0.29) is 5.70 Å². The first kappa shape index (κ1) is 14.7. The van der Waals surface area contributed by atoms with E-state index in [2.05, 4.69) is 5.32 Å². The lowest BCUT2D eigenvalue weighted by atomic mass is 10.2. The highest BCUT2D eigenvalue weighted by molar-refractivity contribution is 6.37. The van der Waals surface area contributed by atoms with E-state index in [1.54, 1.807) is 12.1 Å². The Morgan fingerprint density at radius 1 is 1.30 bits per heavy atom. The van der Waals surface area contributed by atoms with Gasteiger partial charge >= 0.3 is 6.03 Å². The number of halogens is 2. The summed E-state index contributed by atoms with van der Waals surface area (Å²) in [6, 6.07) is 2.76. The van der Waals surface area contributed by atoms with Crippen LogP contribution in [0.4, 0.5) is 4.79 Å². The van der Waals surface area contributed by atoms with Crippen molar-refractivity contribution in [3.63, 3.8) is 0 Å². The predicted octanol–water partition coefficient (Wildman–Crippen LogP) is 2.91. The average molecular weight is 315 g/mol. The number of amides is 3. The number of nitrogens with one attached hydrogen (secondary N) is 1. The molecule has 0 atom stereocenters. The van der Waals surface area contributed by atoms with Crippen molar-refractivity contribution in [3.05, 3.63) is 33.4 Å². The highest BCUT2D eigenvalue weighted by atomic mass is 35.5. The van der Waals surface area contributed by atoms with Crippen LogP contribution in [0.25, 0.3) is 6.08 Å². The Hall–Kier alpha value is -1.72. The smallest absolute Gasteiger partial charge is 0.328 e. The molecule has 0 radical (unpaired) electrons. The number of urea groups is 1. The summed E-state index contributed by atoms with van der Waals surface area (Å²) in [4.78, 5) is 24.1. The molecule has 1 aromatic carbocycles. The molecule has 106 valence electrons. The van der Waals surface area contributed by atoms with E-state index in [1.165, 1.54) is 13.1 Å². The fourth-order valence-corrected chi connectivity index (χ4v) is 2.35. The van der Waals surface area contributed by atoms with E-state index in [1.807, 2.05) is 6.92 Å². The van der Waals surface area contributed by atoms with E-state index in [0.717, 1.165) is 4.90 Å². The molecule has 0 spiro atoms. The maximum absolute atomic E-state index is 11.7. The van der Waals surface area contributed by atoms with Crippen molar-refractivity contribution < 1.29 is 14.3 Å². The largest absolute Gasteiger partial charge is 0.491 e. The van der Waals surface area contributed by atoms with Gasteiger partial charge in [-0.25, -0.2) is 4.79 Å². The summed E-state index contributed by atoms with van der Waals surface area (Å²) >= 11 is 12.1. The SMILES string of the molecule is CCOc1c(Cl)cc(/C=C2/NC(=O)N(C)C2=O)cc1Cl. The van der Waals surface area contributed by atoms with Crippen molar-refractivity contribution in [2.75, 3.05) is 13.7 Å². The molecule has 7 heteroatoms. The van der Waals surface area contributed by atoms with Gasteiger partial charge < -0.3 is 10.1 Å². The lowest BCUT2D eigenvalue weighted by Gasteiger charge is -2.09. The van der Waals surface area contributed by atoms with Crippen molar-refractivity contribution in [1.29, 1.82) is 0 Å². The molecule has 3 amide bonds. The third kappa shape index (κ3) is 2.73. The molecule has 1 fully saturated rings. The number of nitrogens with zero attached hydrogens (tertiary/aromatic N) is 1. The fraction of sp³-hybridized carbons (Fsp3) is 0.231. The first-order chi connectivity index (χ1) is 9.43. The van der Waals surface area contributed by atoms with Crippen LogP contribution >= 0.6 is 23.2 Å². The Bertz CT molecular complexity index is 591. The van der Waals surface area contributed by atoms with E-state index in [0.29, 0.717) is 28.0 Å². The number of carbonyl (C=O) groups is 2. The van der Waals surface area contributed by atoms with Gasteiger partial charge in [0.1, 0.15) is 5.70 Å². The molecule has 5 nitrogen and oxygen atoms in total. The third-order valence-electron chi connectivity index (χ3n) is 2.70. The molecule has 2 rings (SSSR count). The summed E-state index contributed by atoms with van der Waals surface area (Å²) in [5.41, 5.74) is 0.774. The standard InChI is InChI=1S/C13H12Cl2N2O3/c1-3-20-11-8(14)4-7(5-9(11)15)6-10-12(18)17(2)13(19)16-10/h4-6H,3H2,1-2H3,(H,16,19)/b10-6+. The quantitative estimate of drug-likeness (QED) is 0.689. The highest BCUT2D eigenvalue weighted by Gasteiger charge is 2.30. The Morgan fingerprint density at radius 2 is 1.90 bits per heavy atom. The molecule has 0 aliphatic carbocycles. The number of ether oxygens (including phenoxy) is 1. The fourth-order valence-electron chi connectivity index (χ4n) is 1.73. The Labute approximate surface area is 126 Å².